The molecule has 1 amide bonds. The molecule has 0 bridgehead atoms. The van der Waals surface area contributed by atoms with Gasteiger partial charge in [0.05, 0.1) is 0 Å². The standard InChI is InChI=1S/C22H30N6O/c1-3-25-9-11-28(12-10-25)22-23-18(2)17-20(24-22)21(29)27-15-13-26(14-16-27)19-7-5-4-6-8-19/h4-8,17H,3,9-16H2,1-2H3. The van der Waals surface area contributed by atoms with Gasteiger partial charge in [-0.1, -0.05) is 25.1 Å². The number of benzene rings is 1. The van der Waals surface area contributed by atoms with Crippen LogP contribution in [0.15, 0.2) is 36.4 Å². The highest BCUT2D eigenvalue weighted by molar-refractivity contribution is 5.93. The lowest BCUT2D eigenvalue weighted by Crippen LogP contribution is -2.49. The second-order valence-corrected chi connectivity index (χ2v) is 7.73. The van der Waals surface area contributed by atoms with Gasteiger partial charge in [-0.15, -0.1) is 0 Å². The van der Waals surface area contributed by atoms with Crippen LogP contribution in [0.2, 0.25) is 0 Å². The van der Waals surface area contributed by atoms with Crippen LogP contribution in [0.4, 0.5) is 11.6 Å². The third kappa shape index (κ3) is 4.50. The van der Waals surface area contributed by atoms with Crippen LogP contribution in [-0.4, -0.2) is 84.6 Å². The zero-order chi connectivity index (χ0) is 20.2. The van der Waals surface area contributed by atoms with Gasteiger partial charge in [0.1, 0.15) is 5.69 Å². The van der Waals surface area contributed by atoms with Gasteiger partial charge >= 0.3 is 0 Å². The number of para-hydroxylation sites is 1. The Morgan fingerprint density at radius 1 is 0.897 bits per heavy atom. The summed E-state index contributed by atoms with van der Waals surface area (Å²) < 4.78 is 0. The fourth-order valence-electron chi connectivity index (χ4n) is 4.04. The minimum absolute atomic E-state index is 0.0108. The summed E-state index contributed by atoms with van der Waals surface area (Å²) >= 11 is 0. The predicted molar refractivity (Wildman–Crippen MR) is 116 cm³/mol. The summed E-state index contributed by atoms with van der Waals surface area (Å²) in [7, 11) is 0. The molecule has 0 N–H and O–H groups in total. The molecule has 2 aliphatic rings. The van der Waals surface area contributed by atoms with Crippen molar-refractivity contribution in [2.75, 3.05) is 68.7 Å². The molecule has 2 aliphatic heterocycles. The lowest BCUT2D eigenvalue weighted by Gasteiger charge is -2.36. The first-order chi connectivity index (χ1) is 14.1. The SMILES string of the molecule is CCN1CCN(c2nc(C)cc(C(=O)N3CCN(c4ccccc4)CC3)n2)CC1. The summed E-state index contributed by atoms with van der Waals surface area (Å²) in [4.78, 5) is 31.2. The number of nitrogens with zero attached hydrogens (tertiary/aromatic N) is 6. The van der Waals surface area contributed by atoms with Crippen molar-refractivity contribution in [1.82, 2.24) is 19.8 Å². The lowest BCUT2D eigenvalue weighted by atomic mass is 10.2. The van der Waals surface area contributed by atoms with Crippen LogP contribution in [0, 0.1) is 6.92 Å². The highest BCUT2D eigenvalue weighted by Gasteiger charge is 2.25. The first-order valence-electron chi connectivity index (χ1n) is 10.6. The predicted octanol–water partition coefficient (Wildman–Crippen LogP) is 1.89. The molecule has 7 nitrogen and oxygen atoms in total. The molecule has 29 heavy (non-hydrogen) atoms. The number of rotatable bonds is 4. The Morgan fingerprint density at radius 3 is 2.21 bits per heavy atom. The smallest absolute Gasteiger partial charge is 0.272 e. The zero-order valence-electron chi connectivity index (χ0n) is 17.4. The van der Waals surface area contributed by atoms with Gasteiger partial charge < -0.3 is 19.6 Å². The zero-order valence-corrected chi connectivity index (χ0v) is 17.4. The van der Waals surface area contributed by atoms with Crippen molar-refractivity contribution < 1.29 is 4.79 Å². The average molecular weight is 395 g/mol. The Labute approximate surface area is 172 Å². The monoisotopic (exact) mass is 394 g/mol. The van der Waals surface area contributed by atoms with Crippen molar-refractivity contribution in [3.05, 3.63) is 47.8 Å². The van der Waals surface area contributed by atoms with Crippen molar-refractivity contribution in [3.8, 4) is 0 Å². The Balaban J connectivity index is 1.42. The fourth-order valence-corrected chi connectivity index (χ4v) is 4.04. The number of piperazine rings is 2. The second kappa shape index (κ2) is 8.78. The van der Waals surface area contributed by atoms with E-state index >= 15 is 0 Å². The quantitative estimate of drug-likeness (QED) is 0.789. The highest BCUT2D eigenvalue weighted by atomic mass is 16.2. The Hall–Kier alpha value is -2.67. The largest absolute Gasteiger partial charge is 0.368 e. The molecule has 1 aromatic carbocycles. The van der Waals surface area contributed by atoms with Crippen molar-refractivity contribution in [2.24, 2.45) is 0 Å². The Morgan fingerprint density at radius 2 is 1.55 bits per heavy atom. The topological polar surface area (TPSA) is 55.8 Å². The van der Waals surface area contributed by atoms with E-state index in [1.807, 2.05) is 24.0 Å². The maximum absolute atomic E-state index is 13.1. The van der Waals surface area contributed by atoms with Crippen LogP contribution < -0.4 is 9.80 Å². The van der Waals surface area contributed by atoms with Crippen LogP contribution >= 0.6 is 0 Å². The Bertz CT molecular complexity index is 826. The summed E-state index contributed by atoms with van der Waals surface area (Å²) in [6.07, 6.45) is 0. The number of carbonyl (C=O) groups excluding carboxylic acids is 1. The summed E-state index contributed by atoms with van der Waals surface area (Å²) in [5.74, 6) is 0.698. The number of likely N-dealkylation sites (N-methyl/N-ethyl adjacent to an activating group) is 1. The molecule has 0 spiro atoms. The summed E-state index contributed by atoms with van der Waals surface area (Å²) in [5, 5.41) is 0. The third-order valence-electron chi connectivity index (χ3n) is 5.85. The number of carbonyl (C=O) groups is 1. The summed E-state index contributed by atoms with van der Waals surface area (Å²) in [6.45, 7) is 12.1. The fraction of sp³-hybridized carbons (Fsp3) is 0.500. The van der Waals surface area contributed by atoms with Crippen LogP contribution in [0.25, 0.3) is 0 Å². The van der Waals surface area contributed by atoms with E-state index < -0.39 is 0 Å². The van der Waals surface area contributed by atoms with Gasteiger partial charge in [-0.25, -0.2) is 9.97 Å². The molecule has 2 aromatic rings. The first-order valence-corrected chi connectivity index (χ1v) is 10.6. The van der Waals surface area contributed by atoms with Crippen molar-refractivity contribution in [2.45, 2.75) is 13.8 Å². The minimum Gasteiger partial charge on any atom is -0.368 e. The van der Waals surface area contributed by atoms with Gasteiger partial charge in [0.25, 0.3) is 5.91 Å². The van der Waals surface area contributed by atoms with Crippen molar-refractivity contribution in [3.63, 3.8) is 0 Å². The molecular weight excluding hydrogens is 364 g/mol. The van der Waals surface area contributed by atoms with Crippen molar-refractivity contribution in [1.29, 1.82) is 0 Å². The van der Waals surface area contributed by atoms with Gasteiger partial charge in [0.15, 0.2) is 0 Å². The number of amides is 1. The molecule has 3 heterocycles. The van der Waals surface area contributed by atoms with Gasteiger partial charge in [-0.2, -0.15) is 0 Å². The number of hydrogen-bond donors (Lipinski definition) is 0. The van der Waals surface area contributed by atoms with E-state index in [2.05, 4.69) is 55.9 Å². The lowest BCUT2D eigenvalue weighted by molar-refractivity contribution is 0.0740. The van der Waals surface area contributed by atoms with Crippen LogP contribution in [0.5, 0.6) is 0 Å². The van der Waals surface area contributed by atoms with Gasteiger partial charge in [0, 0.05) is 63.7 Å². The van der Waals surface area contributed by atoms with Crippen LogP contribution in [-0.2, 0) is 0 Å². The van der Waals surface area contributed by atoms with E-state index in [0.29, 0.717) is 24.7 Å². The molecule has 154 valence electrons. The highest BCUT2D eigenvalue weighted by Crippen LogP contribution is 2.18. The van der Waals surface area contributed by atoms with Gasteiger partial charge in [0.2, 0.25) is 5.95 Å². The molecule has 4 rings (SSSR count). The van der Waals surface area contributed by atoms with Crippen LogP contribution in [0.3, 0.4) is 0 Å². The summed E-state index contributed by atoms with van der Waals surface area (Å²) in [6, 6.07) is 12.2. The molecule has 2 fully saturated rings. The van der Waals surface area contributed by atoms with Gasteiger partial charge in [-0.05, 0) is 31.7 Å². The van der Waals surface area contributed by atoms with E-state index in [-0.39, 0.29) is 5.91 Å². The van der Waals surface area contributed by atoms with E-state index in [1.54, 1.807) is 0 Å². The normalized spacial score (nSPS) is 18.2. The Kier molecular flexibility index (Phi) is 5.94. The van der Waals surface area contributed by atoms with Gasteiger partial charge in [-0.3, -0.25) is 4.79 Å². The molecular formula is C22H30N6O. The number of anilines is 2. The van der Waals surface area contributed by atoms with Crippen molar-refractivity contribution >= 4 is 17.5 Å². The van der Waals surface area contributed by atoms with Crippen LogP contribution in [0.1, 0.15) is 23.1 Å². The second-order valence-electron chi connectivity index (χ2n) is 7.73. The molecule has 1 aromatic heterocycles. The maximum atomic E-state index is 13.1. The average Bonchev–Trinajstić information content (AvgIpc) is 2.79. The third-order valence-corrected chi connectivity index (χ3v) is 5.85. The minimum atomic E-state index is 0.0108. The molecule has 7 heteroatoms. The molecule has 0 saturated carbocycles. The first kappa shape index (κ1) is 19.6. The summed E-state index contributed by atoms with van der Waals surface area (Å²) in [5.41, 5.74) is 2.57. The molecule has 0 aliphatic carbocycles. The molecule has 2 saturated heterocycles. The maximum Gasteiger partial charge on any atom is 0.272 e. The number of aryl methyl sites for hydroxylation is 1. The number of hydrogen-bond acceptors (Lipinski definition) is 6. The van der Waals surface area contributed by atoms with E-state index in [0.717, 1.165) is 51.5 Å². The van der Waals surface area contributed by atoms with E-state index in [1.165, 1.54) is 5.69 Å². The molecule has 0 atom stereocenters. The molecule has 0 unspecified atom stereocenters. The molecule has 0 radical (unpaired) electrons. The number of aromatic nitrogens is 2. The van der Waals surface area contributed by atoms with E-state index in [4.69, 9.17) is 0 Å². The van der Waals surface area contributed by atoms with E-state index in [9.17, 15) is 4.79 Å².